The highest BCUT2D eigenvalue weighted by Gasteiger charge is 2.12. The Morgan fingerprint density at radius 1 is 1.45 bits per heavy atom. The fourth-order valence-electron chi connectivity index (χ4n) is 1.85. The van der Waals surface area contributed by atoms with Gasteiger partial charge in [0.15, 0.2) is 0 Å². The smallest absolute Gasteiger partial charge is 0.288 e. The maximum absolute atomic E-state index is 10.8. The Balaban J connectivity index is 1.85. The van der Waals surface area contributed by atoms with Crippen LogP contribution in [0, 0.1) is 10.1 Å². The molecule has 1 aromatic carbocycles. The summed E-state index contributed by atoms with van der Waals surface area (Å²) in [5, 5.41) is 18.4. The van der Waals surface area contributed by atoms with Gasteiger partial charge < -0.3 is 5.32 Å². The molecule has 0 unspecified atom stereocenters. The van der Waals surface area contributed by atoms with E-state index in [1.54, 1.807) is 16.8 Å². The van der Waals surface area contributed by atoms with Crippen molar-refractivity contribution in [3.8, 4) is 0 Å². The molecule has 7 heteroatoms. The van der Waals surface area contributed by atoms with Gasteiger partial charge in [-0.25, -0.2) is 0 Å². The van der Waals surface area contributed by atoms with Crippen molar-refractivity contribution in [1.29, 1.82) is 0 Å². The van der Waals surface area contributed by atoms with Gasteiger partial charge in [-0.05, 0) is 17.7 Å². The maximum atomic E-state index is 10.8. The van der Waals surface area contributed by atoms with Gasteiger partial charge >= 0.3 is 0 Å². The third kappa shape index (κ3) is 3.79. The van der Waals surface area contributed by atoms with Crippen molar-refractivity contribution in [2.24, 2.45) is 7.05 Å². The predicted octanol–water partition coefficient (Wildman–Crippen LogP) is 2.31. The quantitative estimate of drug-likeness (QED) is 0.504. The van der Waals surface area contributed by atoms with Crippen LogP contribution in [0.3, 0.4) is 0 Å². The first-order chi connectivity index (χ1) is 9.56. The van der Waals surface area contributed by atoms with Gasteiger partial charge in [-0.3, -0.25) is 14.8 Å². The van der Waals surface area contributed by atoms with Crippen LogP contribution in [0.2, 0.25) is 5.02 Å². The molecule has 0 radical (unpaired) electrons. The molecule has 0 aliphatic carbocycles. The molecule has 0 spiro atoms. The van der Waals surface area contributed by atoms with Crippen LogP contribution in [0.4, 0.5) is 5.69 Å². The van der Waals surface area contributed by atoms with Crippen LogP contribution in [0.1, 0.15) is 11.3 Å². The van der Waals surface area contributed by atoms with Crippen molar-refractivity contribution in [2.75, 3.05) is 6.54 Å². The summed E-state index contributed by atoms with van der Waals surface area (Å²) in [6, 6.07) is 6.80. The second-order valence-corrected chi connectivity index (χ2v) is 4.86. The molecule has 1 heterocycles. The van der Waals surface area contributed by atoms with E-state index in [4.69, 9.17) is 11.6 Å². The van der Waals surface area contributed by atoms with E-state index < -0.39 is 4.92 Å². The monoisotopic (exact) mass is 294 g/mol. The van der Waals surface area contributed by atoms with Gasteiger partial charge in [-0.15, -0.1) is 0 Å². The summed E-state index contributed by atoms with van der Waals surface area (Å²) in [5.74, 6) is 0. The van der Waals surface area contributed by atoms with Gasteiger partial charge in [0.2, 0.25) is 0 Å². The van der Waals surface area contributed by atoms with Crippen molar-refractivity contribution < 1.29 is 4.92 Å². The first-order valence-electron chi connectivity index (χ1n) is 6.18. The summed E-state index contributed by atoms with van der Waals surface area (Å²) in [6.07, 6.45) is 2.72. The minimum atomic E-state index is -0.472. The van der Waals surface area contributed by atoms with Crippen molar-refractivity contribution in [3.63, 3.8) is 0 Å². The first kappa shape index (κ1) is 14.5. The fourth-order valence-corrected chi connectivity index (χ4v) is 2.04. The van der Waals surface area contributed by atoms with E-state index in [1.165, 1.54) is 6.07 Å². The molecule has 0 saturated carbocycles. The van der Waals surface area contributed by atoms with Crippen molar-refractivity contribution in [2.45, 2.75) is 13.0 Å². The number of nitro benzene ring substituents is 1. The van der Waals surface area contributed by atoms with Gasteiger partial charge in [0.1, 0.15) is 5.02 Å². The Labute approximate surface area is 121 Å². The van der Waals surface area contributed by atoms with Crippen LogP contribution in [0.15, 0.2) is 30.5 Å². The van der Waals surface area contributed by atoms with Gasteiger partial charge in [0.25, 0.3) is 5.69 Å². The van der Waals surface area contributed by atoms with E-state index >= 15 is 0 Å². The number of hydrogen-bond donors (Lipinski definition) is 1. The van der Waals surface area contributed by atoms with E-state index in [2.05, 4.69) is 10.4 Å². The number of nitro groups is 1. The lowest BCUT2D eigenvalue weighted by Crippen LogP contribution is -2.17. The molecule has 20 heavy (non-hydrogen) atoms. The van der Waals surface area contributed by atoms with E-state index in [0.29, 0.717) is 6.54 Å². The molecule has 0 atom stereocenters. The number of rotatable bonds is 6. The van der Waals surface area contributed by atoms with E-state index in [9.17, 15) is 10.1 Å². The molecule has 1 aromatic heterocycles. The van der Waals surface area contributed by atoms with Crippen LogP contribution < -0.4 is 5.32 Å². The maximum Gasteiger partial charge on any atom is 0.288 e. The number of halogens is 1. The minimum Gasteiger partial charge on any atom is -0.312 e. The molecule has 1 N–H and O–H groups in total. The molecule has 0 aliphatic rings. The molecular weight excluding hydrogens is 280 g/mol. The van der Waals surface area contributed by atoms with Crippen molar-refractivity contribution >= 4 is 17.3 Å². The molecule has 0 aliphatic heterocycles. The summed E-state index contributed by atoms with van der Waals surface area (Å²) in [6.45, 7) is 1.32. The average molecular weight is 295 g/mol. The predicted molar refractivity (Wildman–Crippen MR) is 76.7 cm³/mol. The zero-order chi connectivity index (χ0) is 14.5. The first-order valence-corrected chi connectivity index (χ1v) is 6.56. The SMILES string of the molecule is Cn1ccc(CCNCc2ccc(Cl)c([N+](=O)[O-])c2)n1. The molecule has 0 fully saturated rings. The fraction of sp³-hybridized carbons (Fsp3) is 0.308. The number of hydrogen-bond acceptors (Lipinski definition) is 4. The normalized spacial score (nSPS) is 10.7. The van der Waals surface area contributed by atoms with E-state index in [-0.39, 0.29) is 10.7 Å². The zero-order valence-corrected chi connectivity index (χ0v) is 11.8. The molecule has 2 rings (SSSR count). The summed E-state index contributed by atoms with van der Waals surface area (Å²) in [4.78, 5) is 10.3. The Bertz CT molecular complexity index is 612. The lowest BCUT2D eigenvalue weighted by atomic mass is 10.2. The minimum absolute atomic E-state index is 0.0595. The average Bonchev–Trinajstić information content (AvgIpc) is 2.82. The van der Waals surface area contributed by atoms with Gasteiger partial charge in [-0.2, -0.15) is 5.10 Å². The highest BCUT2D eigenvalue weighted by Crippen LogP contribution is 2.24. The van der Waals surface area contributed by atoms with Crippen molar-refractivity contribution in [1.82, 2.24) is 15.1 Å². The number of benzene rings is 1. The zero-order valence-electron chi connectivity index (χ0n) is 11.0. The Morgan fingerprint density at radius 3 is 2.90 bits per heavy atom. The van der Waals surface area contributed by atoms with Crippen LogP contribution in [0.25, 0.3) is 0 Å². The van der Waals surface area contributed by atoms with Crippen LogP contribution >= 0.6 is 11.6 Å². The van der Waals surface area contributed by atoms with Crippen LogP contribution in [0.5, 0.6) is 0 Å². The van der Waals surface area contributed by atoms with Gasteiger partial charge in [0.05, 0.1) is 10.6 Å². The van der Waals surface area contributed by atoms with Gasteiger partial charge in [0, 0.05) is 38.8 Å². The highest BCUT2D eigenvalue weighted by molar-refractivity contribution is 6.32. The summed E-state index contributed by atoms with van der Waals surface area (Å²) >= 11 is 5.76. The summed E-state index contributed by atoms with van der Waals surface area (Å²) in [7, 11) is 1.88. The molecular formula is C13H15ClN4O2. The summed E-state index contributed by atoms with van der Waals surface area (Å²) in [5.41, 5.74) is 1.79. The second-order valence-electron chi connectivity index (χ2n) is 4.45. The van der Waals surface area contributed by atoms with Gasteiger partial charge in [-0.1, -0.05) is 17.7 Å². The lowest BCUT2D eigenvalue weighted by molar-refractivity contribution is -0.384. The molecule has 0 amide bonds. The number of aryl methyl sites for hydroxylation is 1. The largest absolute Gasteiger partial charge is 0.312 e. The topological polar surface area (TPSA) is 73.0 Å². The molecule has 106 valence electrons. The van der Waals surface area contributed by atoms with E-state index in [0.717, 1.165) is 24.2 Å². The number of nitrogens with zero attached hydrogens (tertiary/aromatic N) is 3. The Morgan fingerprint density at radius 2 is 2.25 bits per heavy atom. The van der Waals surface area contributed by atoms with Crippen LogP contribution in [-0.4, -0.2) is 21.2 Å². The summed E-state index contributed by atoms with van der Waals surface area (Å²) < 4.78 is 1.76. The lowest BCUT2D eigenvalue weighted by Gasteiger charge is -2.04. The standard InChI is InChI=1S/C13H15ClN4O2/c1-17-7-5-11(16-17)4-6-15-9-10-2-3-12(14)13(8-10)18(19)20/h2-3,5,7-8,15H,4,6,9H2,1H3. The third-order valence-corrected chi connectivity index (χ3v) is 3.18. The second kappa shape index (κ2) is 6.49. The number of aromatic nitrogens is 2. The Kier molecular flexibility index (Phi) is 4.70. The third-order valence-electron chi connectivity index (χ3n) is 2.86. The molecule has 0 bridgehead atoms. The highest BCUT2D eigenvalue weighted by atomic mass is 35.5. The number of nitrogens with one attached hydrogen (secondary N) is 1. The van der Waals surface area contributed by atoms with E-state index in [1.807, 2.05) is 19.3 Å². The molecule has 2 aromatic rings. The Hall–Kier alpha value is -1.92. The van der Waals surface area contributed by atoms with Crippen LogP contribution in [-0.2, 0) is 20.0 Å². The van der Waals surface area contributed by atoms with Crippen molar-refractivity contribution in [3.05, 3.63) is 56.9 Å². The molecule has 6 nitrogen and oxygen atoms in total. The molecule has 0 saturated heterocycles.